The highest BCUT2D eigenvalue weighted by Gasteiger charge is 2.48. The van der Waals surface area contributed by atoms with Gasteiger partial charge in [0.05, 0.1) is 0 Å². The van der Waals surface area contributed by atoms with Crippen LogP contribution in [-0.2, 0) is 0 Å². The molecule has 1 aliphatic heterocycles. The van der Waals surface area contributed by atoms with Crippen molar-refractivity contribution in [2.45, 2.75) is 33.2 Å². The Hall–Kier alpha value is -0.920. The molecule has 14 heavy (non-hydrogen) atoms. The van der Waals surface area contributed by atoms with Crippen LogP contribution in [0.15, 0.2) is 24.7 Å². The summed E-state index contributed by atoms with van der Waals surface area (Å²) in [7, 11) is 4.12. The van der Waals surface area contributed by atoms with Crippen molar-refractivity contribution in [3.8, 4) is 0 Å². The summed E-state index contributed by atoms with van der Waals surface area (Å²) in [5.74, 6) is 1.01. The van der Waals surface area contributed by atoms with Gasteiger partial charge in [-0.3, -0.25) is 0 Å². The maximum atomic E-state index is 4.17. The minimum Gasteiger partial charge on any atom is -0.356 e. The molecule has 0 amide bonds. The van der Waals surface area contributed by atoms with Crippen LogP contribution in [0.4, 0.5) is 0 Å². The first-order valence-corrected chi connectivity index (χ1v) is 5.00. The molecular formula is C12H22N2. The standard InChI is InChI=1S/C12H22N2/c1-9-11(3,4)12(5,6)14(8)10(2)13(9)7/h1-2H2,3-8H3. The zero-order chi connectivity index (χ0) is 11.3. The van der Waals surface area contributed by atoms with Crippen molar-refractivity contribution in [2.75, 3.05) is 14.1 Å². The summed E-state index contributed by atoms with van der Waals surface area (Å²) in [6.45, 7) is 17.2. The third-order valence-electron chi connectivity index (χ3n) is 4.27. The van der Waals surface area contributed by atoms with Crippen LogP contribution in [0.1, 0.15) is 27.7 Å². The number of hydrogen-bond acceptors (Lipinski definition) is 2. The monoisotopic (exact) mass is 194 g/mol. The van der Waals surface area contributed by atoms with Gasteiger partial charge in [-0.1, -0.05) is 27.0 Å². The molecule has 1 heterocycles. The van der Waals surface area contributed by atoms with Gasteiger partial charge in [-0.25, -0.2) is 0 Å². The van der Waals surface area contributed by atoms with Crippen LogP contribution in [-0.4, -0.2) is 29.4 Å². The SMILES string of the molecule is C=C1N(C)C(=C)C(C)(C)C(C)(C)N1C. The average molecular weight is 194 g/mol. The normalized spacial score (nSPS) is 25.6. The van der Waals surface area contributed by atoms with E-state index in [-0.39, 0.29) is 11.0 Å². The van der Waals surface area contributed by atoms with Crippen LogP contribution in [0.2, 0.25) is 0 Å². The second kappa shape index (κ2) is 2.78. The summed E-state index contributed by atoms with van der Waals surface area (Å²) in [4.78, 5) is 4.30. The van der Waals surface area contributed by atoms with Crippen molar-refractivity contribution < 1.29 is 0 Å². The molecule has 0 N–H and O–H groups in total. The van der Waals surface area contributed by atoms with E-state index in [2.05, 4.69) is 57.7 Å². The van der Waals surface area contributed by atoms with E-state index < -0.39 is 0 Å². The van der Waals surface area contributed by atoms with Crippen LogP contribution in [0.3, 0.4) is 0 Å². The Kier molecular flexibility index (Phi) is 2.22. The van der Waals surface area contributed by atoms with Crippen LogP contribution < -0.4 is 0 Å². The van der Waals surface area contributed by atoms with E-state index in [0.717, 1.165) is 11.5 Å². The molecule has 0 bridgehead atoms. The third kappa shape index (κ3) is 1.09. The molecule has 1 aliphatic rings. The van der Waals surface area contributed by atoms with Gasteiger partial charge in [-0.05, 0) is 13.8 Å². The molecule has 0 radical (unpaired) electrons. The Morgan fingerprint density at radius 1 is 1.00 bits per heavy atom. The fourth-order valence-corrected chi connectivity index (χ4v) is 1.90. The van der Waals surface area contributed by atoms with Gasteiger partial charge in [0.2, 0.25) is 0 Å². The second-order valence-electron chi connectivity index (χ2n) is 5.16. The molecule has 80 valence electrons. The lowest BCUT2D eigenvalue weighted by molar-refractivity contribution is 0.00902. The Labute approximate surface area is 87.9 Å². The van der Waals surface area contributed by atoms with E-state index in [1.807, 2.05) is 7.05 Å². The van der Waals surface area contributed by atoms with Gasteiger partial charge in [0.15, 0.2) is 0 Å². The fourth-order valence-electron chi connectivity index (χ4n) is 1.90. The van der Waals surface area contributed by atoms with Crippen molar-refractivity contribution in [3.63, 3.8) is 0 Å². The van der Waals surface area contributed by atoms with Gasteiger partial charge in [0.25, 0.3) is 0 Å². The number of rotatable bonds is 0. The molecule has 1 saturated heterocycles. The maximum Gasteiger partial charge on any atom is 0.101 e. The molecule has 0 unspecified atom stereocenters. The largest absolute Gasteiger partial charge is 0.356 e. The topological polar surface area (TPSA) is 6.48 Å². The van der Waals surface area contributed by atoms with Crippen LogP contribution in [0.25, 0.3) is 0 Å². The van der Waals surface area contributed by atoms with Gasteiger partial charge < -0.3 is 9.80 Å². The van der Waals surface area contributed by atoms with E-state index >= 15 is 0 Å². The lowest BCUT2D eigenvalue weighted by atomic mass is 9.69. The highest BCUT2D eigenvalue weighted by molar-refractivity contribution is 5.25. The predicted molar refractivity (Wildman–Crippen MR) is 61.7 cm³/mol. The average Bonchev–Trinajstić information content (AvgIpc) is 2.10. The van der Waals surface area contributed by atoms with Crippen molar-refractivity contribution in [2.24, 2.45) is 5.41 Å². The molecule has 0 aromatic heterocycles. The number of hydrogen-bond donors (Lipinski definition) is 0. The summed E-state index contributed by atoms with van der Waals surface area (Å²) in [6.07, 6.45) is 0. The van der Waals surface area contributed by atoms with Crippen molar-refractivity contribution in [1.82, 2.24) is 9.80 Å². The molecule has 2 heteroatoms. The van der Waals surface area contributed by atoms with Crippen LogP contribution in [0, 0.1) is 5.41 Å². The van der Waals surface area contributed by atoms with Crippen molar-refractivity contribution in [3.05, 3.63) is 24.7 Å². The molecule has 0 aromatic carbocycles. The Balaban J connectivity index is 3.24. The highest BCUT2D eigenvalue weighted by atomic mass is 15.4. The highest BCUT2D eigenvalue weighted by Crippen LogP contribution is 2.47. The third-order valence-corrected chi connectivity index (χ3v) is 4.27. The Morgan fingerprint density at radius 3 is 1.86 bits per heavy atom. The molecule has 0 aliphatic carbocycles. The molecular weight excluding hydrogens is 172 g/mol. The first-order chi connectivity index (χ1) is 6.14. The maximum absolute atomic E-state index is 4.17. The molecule has 1 fully saturated rings. The van der Waals surface area contributed by atoms with Crippen LogP contribution >= 0.6 is 0 Å². The van der Waals surface area contributed by atoms with Crippen molar-refractivity contribution >= 4 is 0 Å². The molecule has 0 spiro atoms. The van der Waals surface area contributed by atoms with Crippen molar-refractivity contribution in [1.29, 1.82) is 0 Å². The summed E-state index contributed by atoms with van der Waals surface area (Å²) in [5, 5.41) is 0. The zero-order valence-corrected chi connectivity index (χ0v) is 10.3. The van der Waals surface area contributed by atoms with Gasteiger partial charge >= 0.3 is 0 Å². The van der Waals surface area contributed by atoms with E-state index in [9.17, 15) is 0 Å². The minimum atomic E-state index is 0.0493. The number of nitrogens with zero attached hydrogens (tertiary/aromatic N) is 2. The smallest absolute Gasteiger partial charge is 0.101 e. The van der Waals surface area contributed by atoms with E-state index in [1.54, 1.807) is 0 Å². The Morgan fingerprint density at radius 2 is 1.43 bits per heavy atom. The first-order valence-electron chi connectivity index (χ1n) is 5.00. The summed E-state index contributed by atoms with van der Waals surface area (Å²) in [5.41, 5.74) is 1.23. The van der Waals surface area contributed by atoms with Gasteiger partial charge in [-0.2, -0.15) is 0 Å². The summed E-state index contributed by atoms with van der Waals surface area (Å²) >= 11 is 0. The zero-order valence-electron chi connectivity index (χ0n) is 10.3. The van der Waals surface area contributed by atoms with E-state index in [4.69, 9.17) is 0 Å². The quantitative estimate of drug-likeness (QED) is 0.585. The minimum absolute atomic E-state index is 0.0493. The summed E-state index contributed by atoms with van der Waals surface area (Å²) in [6, 6.07) is 0. The van der Waals surface area contributed by atoms with E-state index in [0.29, 0.717) is 0 Å². The predicted octanol–water partition coefficient (Wildman–Crippen LogP) is 2.65. The fraction of sp³-hybridized carbons (Fsp3) is 0.667. The summed E-state index contributed by atoms with van der Waals surface area (Å²) < 4.78 is 0. The van der Waals surface area contributed by atoms with Crippen LogP contribution in [0.5, 0.6) is 0 Å². The molecule has 2 nitrogen and oxygen atoms in total. The molecule has 0 aromatic rings. The van der Waals surface area contributed by atoms with Gasteiger partial charge in [-0.15, -0.1) is 0 Å². The second-order valence-corrected chi connectivity index (χ2v) is 5.16. The first kappa shape index (κ1) is 11.2. The molecule has 1 rings (SSSR count). The van der Waals surface area contributed by atoms with Gasteiger partial charge in [0, 0.05) is 30.7 Å². The molecule has 0 saturated carbocycles. The lowest BCUT2D eigenvalue weighted by Crippen LogP contribution is -2.60. The van der Waals surface area contributed by atoms with Gasteiger partial charge in [0.1, 0.15) is 5.82 Å². The molecule has 0 atom stereocenters. The van der Waals surface area contributed by atoms with E-state index in [1.165, 1.54) is 0 Å². The lowest BCUT2D eigenvalue weighted by Gasteiger charge is -2.58. The Bertz CT molecular complexity index is 287.